The summed E-state index contributed by atoms with van der Waals surface area (Å²) in [6, 6.07) is 8.42. The SMILES string of the molecule is Oc1ccc2c(c1)OC(c1ccc(O)c(O)c1)C([OH2+])C2O. The quantitative estimate of drug-likeness (QED) is 0.463. The van der Waals surface area contributed by atoms with Crippen molar-refractivity contribution in [3.63, 3.8) is 0 Å². The van der Waals surface area contributed by atoms with Gasteiger partial charge in [-0.2, -0.15) is 0 Å². The molecule has 0 radical (unpaired) electrons. The van der Waals surface area contributed by atoms with Crippen molar-refractivity contribution >= 4 is 0 Å². The first-order valence-corrected chi connectivity index (χ1v) is 6.38. The van der Waals surface area contributed by atoms with Gasteiger partial charge in [0.1, 0.15) is 11.5 Å². The van der Waals surface area contributed by atoms with Crippen LogP contribution in [-0.4, -0.2) is 31.6 Å². The maximum absolute atomic E-state index is 10.2. The van der Waals surface area contributed by atoms with Crippen LogP contribution in [0, 0.1) is 0 Å². The molecule has 2 aromatic rings. The fraction of sp³-hybridized carbons (Fsp3) is 0.200. The molecule has 6 nitrogen and oxygen atoms in total. The summed E-state index contributed by atoms with van der Waals surface area (Å²) in [5, 5.41) is 46.7. The molecule has 3 atom stereocenters. The lowest BCUT2D eigenvalue weighted by atomic mass is 9.92. The molecular weight excluding hydrogens is 276 g/mol. The van der Waals surface area contributed by atoms with Gasteiger partial charge in [0.2, 0.25) is 6.10 Å². The first-order valence-electron chi connectivity index (χ1n) is 6.38. The standard InChI is InChI=1S/C15H14O6/c16-8-2-3-9-12(6-8)21-15(14(20)13(9)19)7-1-4-10(17)11(18)5-7/h1-6,13-20H/p+1. The second-order valence-corrected chi connectivity index (χ2v) is 4.98. The summed E-state index contributed by atoms with van der Waals surface area (Å²) in [6.07, 6.45) is -2.89. The van der Waals surface area contributed by atoms with Gasteiger partial charge in [-0.15, -0.1) is 0 Å². The molecule has 3 unspecified atom stereocenters. The molecule has 1 aliphatic rings. The molecule has 2 aromatic carbocycles. The van der Waals surface area contributed by atoms with Crippen LogP contribution in [0.4, 0.5) is 0 Å². The number of hydrogen-bond acceptors (Lipinski definition) is 5. The van der Waals surface area contributed by atoms with Crippen LogP contribution in [0.15, 0.2) is 36.4 Å². The zero-order valence-electron chi connectivity index (χ0n) is 10.9. The van der Waals surface area contributed by atoms with Gasteiger partial charge in [0, 0.05) is 17.2 Å². The Bertz CT molecular complexity index is 684. The van der Waals surface area contributed by atoms with E-state index in [-0.39, 0.29) is 17.2 Å². The molecule has 0 saturated heterocycles. The van der Waals surface area contributed by atoms with E-state index in [9.17, 15) is 20.4 Å². The third-order valence-corrected chi connectivity index (χ3v) is 3.56. The third kappa shape index (κ3) is 2.24. The van der Waals surface area contributed by atoms with Crippen LogP contribution in [-0.2, 0) is 0 Å². The van der Waals surface area contributed by atoms with Crippen molar-refractivity contribution in [2.75, 3.05) is 0 Å². The smallest absolute Gasteiger partial charge is 0.226 e. The summed E-state index contributed by atoms with van der Waals surface area (Å²) in [7, 11) is 0. The number of fused-ring (bicyclic) bond motifs is 1. The molecule has 21 heavy (non-hydrogen) atoms. The van der Waals surface area contributed by atoms with Crippen LogP contribution < -0.4 is 4.74 Å². The van der Waals surface area contributed by atoms with E-state index in [2.05, 4.69) is 0 Å². The van der Waals surface area contributed by atoms with Gasteiger partial charge in [-0.3, -0.25) is 0 Å². The summed E-state index contributed by atoms with van der Waals surface area (Å²) < 4.78 is 5.68. The number of phenolic OH excluding ortho intramolecular Hbond substituents is 3. The predicted octanol–water partition coefficient (Wildman–Crippen LogP) is 1.06. The molecule has 6 N–H and O–H groups in total. The molecule has 3 rings (SSSR count). The Labute approximate surface area is 120 Å². The van der Waals surface area contributed by atoms with Gasteiger partial charge in [-0.1, -0.05) is 6.07 Å². The summed E-state index contributed by atoms with van der Waals surface area (Å²) in [5.41, 5.74) is 0.894. The highest BCUT2D eigenvalue weighted by Crippen LogP contribution is 2.43. The molecule has 1 heterocycles. The molecule has 0 aromatic heterocycles. The number of aliphatic hydroxyl groups is 1. The summed E-state index contributed by atoms with van der Waals surface area (Å²) >= 11 is 0. The number of benzene rings is 2. The Kier molecular flexibility index (Phi) is 3.12. The Balaban J connectivity index is 2.02. The lowest BCUT2D eigenvalue weighted by Crippen LogP contribution is -2.34. The van der Waals surface area contributed by atoms with Crippen LogP contribution in [0.25, 0.3) is 0 Å². The van der Waals surface area contributed by atoms with Crippen molar-refractivity contribution < 1.29 is 30.3 Å². The monoisotopic (exact) mass is 291 g/mol. The van der Waals surface area contributed by atoms with Gasteiger partial charge in [0.25, 0.3) is 0 Å². The first-order chi connectivity index (χ1) is 9.97. The first kappa shape index (κ1) is 13.5. The fourth-order valence-electron chi connectivity index (χ4n) is 2.43. The van der Waals surface area contributed by atoms with Crippen molar-refractivity contribution in [2.45, 2.75) is 18.3 Å². The molecule has 0 saturated carbocycles. The van der Waals surface area contributed by atoms with Crippen molar-refractivity contribution in [1.29, 1.82) is 0 Å². The van der Waals surface area contributed by atoms with Gasteiger partial charge in [-0.25, -0.2) is 0 Å². The normalized spacial score (nSPS) is 24.2. The maximum Gasteiger partial charge on any atom is 0.226 e. The minimum absolute atomic E-state index is 0.00307. The number of ether oxygens (including phenoxy) is 1. The lowest BCUT2D eigenvalue weighted by molar-refractivity contribution is -0.0701. The van der Waals surface area contributed by atoms with E-state index in [0.717, 1.165) is 0 Å². The zero-order chi connectivity index (χ0) is 15.1. The van der Waals surface area contributed by atoms with Crippen LogP contribution in [0.3, 0.4) is 0 Å². The van der Waals surface area contributed by atoms with Gasteiger partial charge in [0.05, 0.1) is 0 Å². The number of phenols is 3. The largest absolute Gasteiger partial charge is 0.508 e. The number of rotatable bonds is 1. The lowest BCUT2D eigenvalue weighted by Gasteiger charge is -2.31. The van der Waals surface area contributed by atoms with E-state index in [1.54, 1.807) is 0 Å². The van der Waals surface area contributed by atoms with Gasteiger partial charge >= 0.3 is 0 Å². The van der Waals surface area contributed by atoms with Crippen molar-refractivity contribution in [1.82, 2.24) is 0 Å². The van der Waals surface area contributed by atoms with Crippen LogP contribution in [0.2, 0.25) is 0 Å². The van der Waals surface area contributed by atoms with E-state index in [1.165, 1.54) is 36.4 Å². The second kappa shape index (κ2) is 4.83. The van der Waals surface area contributed by atoms with E-state index in [0.29, 0.717) is 16.9 Å². The number of aromatic hydroxyl groups is 3. The third-order valence-electron chi connectivity index (χ3n) is 3.56. The average molecular weight is 291 g/mol. The van der Waals surface area contributed by atoms with Gasteiger partial charge in [0.15, 0.2) is 23.7 Å². The van der Waals surface area contributed by atoms with Crippen molar-refractivity contribution in [3.05, 3.63) is 47.5 Å². The Morgan fingerprint density at radius 3 is 2.43 bits per heavy atom. The average Bonchev–Trinajstić information content (AvgIpc) is 2.45. The Morgan fingerprint density at radius 1 is 0.952 bits per heavy atom. The molecule has 110 valence electrons. The molecule has 0 fully saturated rings. The minimum Gasteiger partial charge on any atom is -0.508 e. The zero-order valence-corrected chi connectivity index (χ0v) is 10.9. The van der Waals surface area contributed by atoms with Crippen LogP contribution in [0.5, 0.6) is 23.0 Å². The number of hydrogen-bond donors (Lipinski definition) is 4. The Morgan fingerprint density at radius 2 is 1.71 bits per heavy atom. The molecule has 1 aliphatic heterocycles. The number of aliphatic hydroxyl groups excluding tert-OH is 1. The van der Waals surface area contributed by atoms with Gasteiger partial charge in [-0.05, 0) is 24.3 Å². The molecule has 0 bridgehead atoms. The highest BCUT2D eigenvalue weighted by atomic mass is 16.5. The molecule has 0 spiro atoms. The van der Waals surface area contributed by atoms with E-state index >= 15 is 0 Å². The summed E-state index contributed by atoms with van der Waals surface area (Å²) in [6.45, 7) is 0. The van der Waals surface area contributed by atoms with Crippen molar-refractivity contribution in [3.8, 4) is 23.0 Å². The summed E-state index contributed by atoms with van der Waals surface area (Å²) in [4.78, 5) is 0. The predicted molar refractivity (Wildman–Crippen MR) is 73.6 cm³/mol. The summed E-state index contributed by atoms with van der Waals surface area (Å²) in [5.74, 6) is -0.297. The molecular formula is C15H15O6+. The van der Waals surface area contributed by atoms with Crippen molar-refractivity contribution in [2.24, 2.45) is 0 Å². The van der Waals surface area contributed by atoms with Crippen LogP contribution >= 0.6 is 0 Å². The van der Waals surface area contributed by atoms with E-state index < -0.39 is 18.3 Å². The molecule has 6 heteroatoms. The highest BCUT2D eigenvalue weighted by Gasteiger charge is 2.41. The molecule has 0 amide bonds. The molecule has 0 aliphatic carbocycles. The Hall–Kier alpha value is -2.44. The minimum atomic E-state index is -1.07. The fourth-order valence-corrected chi connectivity index (χ4v) is 2.43. The maximum atomic E-state index is 10.2. The van der Waals surface area contributed by atoms with E-state index in [1.807, 2.05) is 0 Å². The highest BCUT2D eigenvalue weighted by molar-refractivity contribution is 5.46. The van der Waals surface area contributed by atoms with E-state index in [4.69, 9.17) is 9.84 Å². The second-order valence-electron chi connectivity index (χ2n) is 4.98. The topological polar surface area (TPSA) is 113 Å². The van der Waals surface area contributed by atoms with Crippen LogP contribution in [0.1, 0.15) is 23.3 Å². The van der Waals surface area contributed by atoms with Gasteiger partial charge < -0.3 is 30.3 Å².